The largest absolute Gasteiger partial charge is 0.497 e. The van der Waals surface area contributed by atoms with E-state index in [0.717, 1.165) is 23.6 Å². The van der Waals surface area contributed by atoms with E-state index < -0.39 is 0 Å². The third-order valence-electron chi connectivity index (χ3n) is 5.68. The van der Waals surface area contributed by atoms with Gasteiger partial charge >= 0.3 is 0 Å². The first-order valence-electron chi connectivity index (χ1n) is 12.0. The fourth-order valence-electron chi connectivity index (χ4n) is 3.54. The SMILES string of the molecule is COc1ccc(-n2nc(C(C)(C)C)cc2NC(=O)CN(CCC(C)C)C(=O)c2ccccc2)cc1. The molecular weight excluding hydrogens is 440 g/mol. The first kappa shape index (κ1) is 26.0. The van der Waals surface area contributed by atoms with Gasteiger partial charge in [-0.15, -0.1) is 0 Å². The summed E-state index contributed by atoms with van der Waals surface area (Å²) in [4.78, 5) is 27.9. The Labute approximate surface area is 208 Å². The fraction of sp³-hybridized carbons (Fsp3) is 0.393. The highest BCUT2D eigenvalue weighted by molar-refractivity contribution is 5.99. The van der Waals surface area contributed by atoms with Crippen LogP contribution in [0.5, 0.6) is 5.75 Å². The highest BCUT2D eigenvalue weighted by Gasteiger charge is 2.23. The highest BCUT2D eigenvalue weighted by Crippen LogP contribution is 2.27. The van der Waals surface area contributed by atoms with Crippen LogP contribution in [-0.4, -0.2) is 46.7 Å². The second-order valence-corrected chi connectivity index (χ2v) is 10.1. The van der Waals surface area contributed by atoms with Crippen LogP contribution in [0.25, 0.3) is 5.69 Å². The molecule has 186 valence electrons. The summed E-state index contributed by atoms with van der Waals surface area (Å²) in [5.74, 6) is 1.28. The maximum atomic E-state index is 13.2. The van der Waals surface area contributed by atoms with E-state index in [2.05, 4.69) is 39.9 Å². The average Bonchev–Trinajstić information content (AvgIpc) is 3.26. The van der Waals surface area contributed by atoms with Crippen molar-refractivity contribution in [2.45, 2.75) is 46.5 Å². The van der Waals surface area contributed by atoms with Gasteiger partial charge in [-0.1, -0.05) is 52.8 Å². The third kappa shape index (κ3) is 6.94. The minimum absolute atomic E-state index is 0.0426. The average molecular weight is 477 g/mol. The molecule has 1 heterocycles. The maximum absolute atomic E-state index is 13.2. The van der Waals surface area contributed by atoms with Gasteiger partial charge in [-0.2, -0.15) is 5.10 Å². The summed E-state index contributed by atoms with van der Waals surface area (Å²) in [6.45, 7) is 10.9. The minimum atomic E-state index is -0.270. The molecule has 35 heavy (non-hydrogen) atoms. The van der Waals surface area contributed by atoms with Crippen molar-refractivity contribution in [1.29, 1.82) is 0 Å². The molecule has 0 radical (unpaired) electrons. The Hall–Kier alpha value is -3.61. The lowest BCUT2D eigenvalue weighted by molar-refractivity contribution is -0.117. The molecule has 3 aromatic rings. The van der Waals surface area contributed by atoms with E-state index >= 15 is 0 Å². The molecule has 7 nitrogen and oxygen atoms in total. The van der Waals surface area contributed by atoms with Crippen LogP contribution < -0.4 is 10.1 Å². The second-order valence-electron chi connectivity index (χ2n) is 10.1. The first-order chi connectivity index (χ1) is 16.6. The summed E-state index contributed by atoms with van der Waals surface area (Å²) in [5, 5.41) is 7.75. The number of nitrogens with one attached hydrogen (secondary N) is 1. The molecule has 0 fully saturated rings. The van der Waals surface area contributed by atoms with Crippen LogP contribution in [0.4, 0.5) is 5.82 Å². The van der Waals surface area contributed by atoms with Crippen molar-refractivity contribution in [1.82, 2.24) is 14.7 Å². The second kappa shape index (κ2) is 11.2. The molecule has 0 aliphatic carbocycles. The van der Waals surface area contributed by atoms with Crippen LogP contribution in [0, 0.1) is 5.92 Å². The molecule has 3 rings (SSSR count). The van der Waals surface area contributed by atoms with E-state index in [0.29, 0.717) is 23.8 Å². The molecule has 0 bridgehead atoms. The number of methoxy groups -OCH3 is 1. The lowest BCUT2D eigenvalue weighted by Gasteiger charge is -2.23. The summed E-state index contributed by atoms with van der Waals surface area (Å²) in [6, 6.07) is 18.5. The van der Waals surface area contributed by atoms with Gasteiger partial charge in [0.15, 0.2) is 0 Å². The van der Waals surface area contributed by atoms with Crippen LogP contribution in [0.3, 0.4) is 0 Å². The predicted molar refractivity (Wildman–Crippen MR) is 139 cm³/mol. The zero-order valence-corrected chi connectivity index (χ0v) is 21.5. The number of amides is 2. The van der Waals surface area contributed by atoms with Gasteiger partial charge < -0.3 is 15.0 Å². The highest BCUT2D eigenvalue weighted by atomic mass is 16.5. The molecule has 0 aliphatic rings. The summed E-state index contributed by atoms with van der Waals surface area (Å²) >= 11 is 0. The summed E-state index contributed by atoms with van der Waals surface area (Å²) in [5.41, 5.74) is 2.01. The number of hydrogen-bond acceptors (Lipinski definition) is 4. The Bertz CT molecular complexity index is 1130. The molecule has 7 heteroatoms. The standard InChI is InChI=1S/C28H36N4O3/c1-20(2)16-17-31(27(34)21-10-8-7-9-11-21)19-26(33)29-25-18-24(28(3,4)5)30-32(25)22-12-14-23(35-6)15-13-22/h7-15,18,20H,16-17,19H2,1-6H3,(H,29,33). The van der Waals surface area contributed by atoms with E-state index in [4.69, 9.17) is 9.84 Å². The van der Waals surface area contributed by atoms with Crippen LogP contribution in [0.15, 0.2) is 60.7 Å². The number of hydrogen-bond donors (Lipinski definition) is 1. The number of anilines is 1. The van der Waals surface area contributed by atoms with Gasteiger partial charge in [0.05, 0.1) is 18.5 Å². The summed E-state index contributed by atoms with van der Waals surface area (Å²) in [6.07, 6.45) is 0.809. The lowest BCUT2D eigenvalue weighted by atomic mass is 9.92. The van der Waals surface area contributed by atoms with Crippen molar-refractivity contribution in [3.63, 3.8) is 0 Å². The molecule has 0 saturated carbocycles. The molecule has 0 unspecified atom stereocenters. The number of nitrogens with zero attached hydrogens (tertiary/aromatic N) is 3. The molecule has 1 aromatic heterocycles. The van der Waals surface area contributed by atoms with Crippen LogP contribution >= 0.6 is 0 Å². The molecule has 0 atom stereocenters. The van der Waals surface area contributed by atoms with Gasteiger partial charge in [0.2, 0.25) is 5.91 Å². The van der Waals surface area contributed by atoms with E-state index in [9.17, 15) is 9.59 Å². The zero-order valence-electron chi connectivity index (χ0n) is 21.5. The molecular formula is C28H36N4O3. The Balaban J connectivity index is 1.85. The van der Waals surface area contributed by atoms with Crippen LogP contribution in [0.2, 0.25) is 0 Å². The van der Waals surface area contributed by atoms with Crippen molar-refractivity contribution < 1.29 is 14.3 Å². The van der Waals surface area contributed by atoms with E-state index in [1.165, 1.54) is 0 Å². The van der Waals surface area contributed by atoms with Crippen LogP contribution in [-0.2, 0) is 10.2 Å². The topological polar surface area (TPSA) is 76.5 Å². The normalized spacial score (nSPS) is 11.4. The molecule has 2 amide bonds. The van der Waals surface area contributed by atoms with Crippen molar-refractivity contribution in [3.05, 3.63) is 71.9 Å². The van der Waals surface area contributed by atoms with Crippen molar-refractivity contribution in [2.75, 3.05) is 25.5 Å². The third-order valence-corrected chi connectivity index (χ3v) is 5.68. The Morgan fingerprint density at radius 3 is 2.29 bits per heavy atom. The Kier molecular flexibility index (Phi) is 8.33. The fourth-order valence-corrected chi connectivity index (χ4v) is 3.54. The minimum Gasteiger partial charge on any atom is -0.497 e. The molecule has 0 aliphatic heterocycles. The Morgan fingerprint density at radius 2 is 1.71 bits per heavy atom. The van der Waals surface area contributed by atoms with E-state index in [1.54, 1.807) is 28.8 Å². The Morgan fingerprint density at radius 1 is 1.06 bits per heavy atom. The summed E-state index contributed by atoms with van der Waals surface area (Å²) in [7, 11) is 1.62. The van der Waals surface area contributed by atoms with Crippen LogP contribution in [0.1, 0.15) is 57.1 Å². The lowest BCUT2D eigenvalue weighted by Crippen LogP contribution is -2.39. The van der Waals surface area contributed by atoms with Crippen molar-refractivity contribution in [3.8, 4) is 11.4 Å². The summed E-state index contributed by atoms with van der Waals surface area (Å²) < 4.78 is 6.98. The van der Waals surface area contributed by atoms with Gasteiger partial charge in [0.25, 0.3) is 5.91 Å². The van der Waals surface area contributed by atoms with Gasteiger partial charge in [-0.25, -0.2) is 4.68 Å². The number of carbonyl (C=O) groups is 2. The molecule has 2 aromatic carbocycles. The first-order valence-corrected chi connectivity index (χ1v) is 12.0. The molecule has 0 saturated heterocycles. The van der Waals surface area contributed by atoms with E-state index in [-0.39, 0.29) is 23.8 Å². The van der Waals surface area contributed by atoms with E-state index in [1.807, 2.05) is 48.5 Å². The van der Waals surface area contributed by atoms with Gasteiger partial charge in [0, 0.05) is 23.6 Å². The number of rotatable bonds is 9. The number of carbonyl (C=O) groups excluding carboxylic acids is 2. The number of benzene rings is 2. The number of ether oxygens (including phenoxy) is 1. The molecule has 0 spiro atoms. The quantitative estimate of drug-likeness (QED) is 0.454. The maximum Gasteiger partial charge on any atom is 0.254 e. The van der Waals surface area contributed by atoms with Gasteiger partial charge in [-0.05, 0) is 48.7 Å². The monoisotopic (exact) mass is 476 g/mol. The molecule has 1 N–H and O–H groups in total. The van der Waals surface area contributed by atoms with Gasteiger partial charge in [-0.3, -0.25) is 9.59 Å². The predicted octanol–water partition coefficient (Wildman–Crippen LogP) is 5.31. The van der Waals surface area contributed by atoms with Crippen molar-refractivity contribution >= 4 is 17.6 Å². The number of aromatic nitrogens is 2. The van der Waals surface area contributed by atoms with Crippen molar-refractivity contribution in [2.24, 2.45) is 5.92 Å². The van der Waals surface area contributed by atoms with Gasteiger partial charge in [0.1, 0.15) is 18.1 Å². The zero-order chi connectivity index (χ0) is 25.6. The smallest absolute Gasteiger partial charge is 0.254 e.